The summed E-state index contributed by atoms with van der Waals surface area (Å²) in [4.78, 5) is 16.2. The molecule has 25 heavy (non-hydrogen) atoms. The average molecular weight is 375 g/mol. The number of aromatic amines is 1. The molecule has 0 spiro atoms. The van der Waals surface area contributed by atoms with Crippen molar-refractivity contribution in [3.8, 4) is 5.75 Å². The number of hydrogen-bond donors (Lipinski definition) is 2. The first kappa shape index (κ1) is 16.3. The molecule has 1 aliphatic rings. The molecule has 1 aliphatic carbocycles. The highest BCUT2D eigenvalue weighted by Crippen LogP contribution is 2.51. The number of anilines is 1. The summed E-state index contributed by atoms with van der Waals surface area (Å²) in [6.07, 6.45) is 3.54. The number of fused-ring (bicyclic) bond motifs is 1. The SMILES string of the molecule is COc1ccc2[nH]cc(C3(C(=O)Nc4ccc(Cl)c(Cl)c4)CC3)c2c1. The van der Waals surface area contributed by atoms with Crippen LogP contribution in [0.5, 0.6) is 5.75 Å². The van der Waals surface area contributed by atoms with E-state index >= 15 is 0 Å². The minimum Gasteiger partial charge on any atom is -0.497 e. The number of benzene rings is 2. The van der Waals surface area contributed by atoms with Crippen molar-refractivity contribution in [2.45, 2.75) is 18.3 Å². The van der Waals surface area contributed by atoms with Gasteiger partial charge in [-0.3, -0.25) is 4.79 Å². The van der Waals surface area contributed by atoms with Gasteiger partial charge in [-0.25, -0.2) is 0 Å². The molecule has 0 atom stereocenters. The molecule has 3 aromatic rings. The maximum Gasteiger partial charge on any atom is 0.235 e. The molecule has 0 radical (unpaired) electrons. The van der Waals surface area contributed by atoms with Crippen LogP contribution in [0.4, 0.5) is 5.69 Å². The lowest BCUT2D eigenvalue weighted by molar-refractivity contribution is -0.118. The van der Waals surface area contributed by atoms with Gasteiger partial charge in [-0.1, -0.05) is 23.2 Å². The number of carbonyl (C=O) groups excluding carboxylic acids is 1. The van der Waals surface area contributed by atoms with E-state index in [1.165, 1.54) is 0 Å². The van der Waals surface area contributed by atoms with E-state index in [0.29, 0.717) is 15.7 Å². The second-order valence-corrected chi connectivity index (χ2v) is 7.09. The Morgan fingerprint density at radius 3 is 2.64 bits per heavy atom. The van der Waals surface area contributed by atoms with E-state index in [1.807, 2.05) is 24.4 Å². The lowest BCUT2D eigenvalue weighted by Crippen LogP contribution is -2.27. The summed E-state index contributed by atoms with van der Waals surface area (Å²) in [5, 5.41) is 4.86. The molecule has 0 saturated heterocycles. The number of carbonyl (C=O) groups is 1. The molecule has 128 valence electrons. The summed E-state index contributed by atoms with van der Waals surface area (Å²) in [5.74, 6) is 0.739. The van der Waals surface area contributed by atoms with Gasteiger partial charge in [-0.05, 0) is 54.8 Å². The van der Waals surface area contributed by atoms with Gasteiger partial charge in [-0.15, -0.1) is 0 Å². The fourth-order valence-corrected chi connectivity index (χ4v) is 3.49. The van der Waals surface area contributed by atoms with Crippen LogP contribution in [0.15, 0.2) is 42.6 Å². The zero-order valence-electron chi connectivity index (χ0n) is 13.5. The molecule has 1 fully saturated rings. The first-order chi connectivity index (χ1) is 12.0. The Morgan fingerprint density at radius 1 is 1.16 bits per heavy atom. The Hall–Kier alpha value is -2.17. The molecule has 1 amide bonds. The van der Waals surface area contributed by atoms with Crippen LogP contribution in [0.25, 0.3) is 10.9 Å². The van der Waals surface area contributed by atoms with Gasteiger partial charge in [-0.2, -0.15) is 0 Å². The molecule has 0 bridgehead atoms. The van der Waals surface area contributed by atoms with Gasteiger partial charge in [0.25, 0.3) is 0 Å². The number of aromatic nitrogens is 1. The van der Waals surface area contributed by atoms with Crippen LogP contribution >= 0.6 is 23.2 Å². The van der Waals surface area contributed by atoms with E-state index in [9.17, 15) is 4.79 Å². The second kappa shape index (κ2) is 5.97. The Labute approximate surface area is 155 Å². The number of H-pyrrole nitrogens is 1. The summed E-state index contributed by atoms with van der Waals surface area (Å²) in [6, 6.07) is 10.9. The predicted octanol–water partition coefficient (Wildman–Crippen LogP) is 5.15. The number of methoxy groups -OCH3 is 1. The van der Waals surface area contributed by atoms with Gasteiger partial charge in [0.2, 0.25) is 5.91 Å². The van der Waals surface area contributed by atoms with Crippen LogP contribution in [0.3, 0.4) is 0 Å². The van der Waals surface area contributed by atoms with E-state index in [2.05, 4.69) is 10.3 Å². The van der Waals surface area contributed by atoms with Gasteiger partial charge in [0.05, 0.1) is 22.6 Å². The summed E-state index contributed by atoms with van der Waals surface area (Å²) in [6.45, 7) is 0. The van der Waals surface area contributed by atoms with Crippen molar-refractivity contribution in [1.29, 1.82) is 0 Å². The van der Waals surface area contributed by atoms with Crippen molar-refractivity contribution < 1.29 is 9.53 Å². The van der Waals surface area contributed by atoms with Crippen LogP contribution in [0.1, 0.15) is 18.4 Å². The van der Waals surface area contributed by atoms with Crippen molar-refractivity contribution in [2.75, 3.05) is 12.4 Å². The van der Waals surface area contributed by atoms with Crippen molar-refractivity contribution >= 4 is 45.7 Å². The minimum absolute atomic E-state index is 0.0328. The molecule has 4 nitrogen and oxygen atoms in total. The van der Waals surface area contributed by atoms with Crippen LogP contribution in [-0.4, -0.2) is 18.0 Å². The molecular formula is C19H16Cl2N2O2. The summed E-state index contributed by atoms with van der Waals surface area (Å²) >= 11 is 12.0. The highest BCUT2D eigenvalue weighted by atomic mass is 35.5. The van der Waals surface area contributed by atoms with Crippen LogP contribution in [0, 0.1) is 0 Å². The fraction of sp³-hybridized carbons (Fsp3) is 0.211. The van der Waals surface area contributed by atoms with Crippen LogP contribution in [-0.2, 0) is 10.2 Å². The third-order valence-corrected chi connectivity index (χ3v) is 5.51. The van der Waals surface area contributed by atoms with Crippen LogP contribution in [0.2, 0.25) is 10.0 Å². The van der Waals surface area contributed by atoms with Crippen molar-refractivity contribution in [2.24, 2.45) is 0 Å². The molecule has 1 saturated carbocycles. The monoisotopic (exact) mass is 374 g/mol. The Balaban J connectivity index is 1.67. The summed E-state index contributed by atoms with van der Waals surface area (Å²) in [7, 11) is 1.64. The third-order valence-electron chi connectivity index (χ3n) is 4.77. The van der Waals surface area contributed by atoms with Gasteiger partial charge < -0.3 is 15.0 Å². The zero-order chi connectivity index (χ0) is 17.6. The van der Waals surface area contributed by atoms with E-state index in [4.69, 9.17) is 27.9 Å². The van der Waals surface area contributed by atoms with Gasteiger partial charge >= 0.3 is 0 Å². The minimum atomic E-state index is -0.517. The summed E-state index contributed by atoms with van der Waals surface area (Å²) < 4.78 is 5.32. The van der Waals surface area contributed by atoms with Gasteiger partial charge in [0.1, 0.15) is 5.75 Å². The maximum atomic E-state index is 13.0. The third kappa shape index (κ3) is 2.75. The molecule has 1 heterocycles. The highest BCUT2D eigenvalue weighted by Gasteiger charge is 2.52. The molecule has 2 aromatic carbocycles. The second-order valence-electron chi connectivity index (χ2n) is 6.28. The van der Waals surface area contributed by atoms with E-state index in [0.717, 1.165) is 35.1 Å². The predicted molar refractivity (Wildman–Crippen MR) is 101 cm³/mol. The Morgan fingerprint density at radius 2 is 1.96 bits per heavy atom. The van der Waals surface area contributed by atoms with Crippen molar-refractivity contribution in [3.05, 3.63) is 58.2 Å². The van der Waals surface area contributed by atoms with E-state index in [1.54, 1.807) is 25.3 Å². The number of nitrogens with one attached hydrogen (secondary N) is 2. The molecule has 6 heteroatoms. The molecule has 2 N–H and O–H groups in total. The summed E-state index contributed by atoms with van der Waals surface area (Å²) in [5.41, 5.74) is 2.11. The number of amides is 1. The largest absolute Gasteiger partial charge is 0.497 e. The fourth-order valence-electron chi connectivity index (χ4n) is 3.19. The van der Waals surface area contributed by atoms with Gasteiger partial charge in [0.15, 0.2) is 0 Å². The standard InChI is InChI=1S/C19H16Cl2N2O2/c1-25-12-3-5-17-13(9-12)14(10-22-17)19(6-7-19)18(24)23-11-2-4-15(20)16(21)8-11/h2-5,8-10,22H,6-7H2,1H3,(H,23,24). The van der Waals surface area contributed by atoms with Crippen LogP contribution < -0.4 is 10.1 Å². The van der Waals surface area contributed by atoms with Crippen molar-refractivity contribution in [3.63, 3.8) is 0 Å². The van der Waals surface area contributed by atoms with Crippen molar-refractivity contribution in [1.82, 2.24) is 4.98 Å². The molecule has 4 rings (SSSR count). The number of halogens is 2. The molecule has 0 unspecified atom stereocenters. The molecular weight excluding hydrogens is 359 g/mol. The first-order valence-corrected chi connectivity index (χ1v) is 8.71. The number of rotatable bonds is 4. The lowest BCUT2D eigenvalue weighted by atomic mass is 9.94. The maximum absolute atomic E-state index is 13.0. The Kier molecular flexibility index (Phi) is 3.89. The zero-order valence-corrected chi connectivity index (χ0v) is 15.0. The van der Waals surface area contributed by atoms with E-state index in [-0.39, 0.29) is 5.91 Å². The highest BCUT2D eigenvalue weighted by molar-refractivity contribution is 6.42. The topological polar surface area (TPSA) is 54.1 Å². The lowest BCUT2D eigenvalue weighted by Gasteiger charge is -2.15. The Bertz CT molecular complexity index is 977. The van der Waals surface area contributed by atoms with E-state index < -0.39 is 5.41 Å². The molecule has 0 aliphatic heterocycles. The number of hydrogen-bond acceptors (Lipinski definition) is 2. The number of ether oxygens (including phenoxy) is 1. The quantitative estimate of drug-likeness (QED) is 0.662. The van der Waals surface area contributed by atoms with Gasteiger partial charge in [0, 0.05) is 22.8 Å². The first-order valence-electron chi connectivity index (χ1n) is 7.95. The average Bonchev–Trinajstić information content (AvgIpc) is 3.31. The normalized spacial score (nSPS) is 15.2. The smallest absolute Gasteiger partial charge is 0.235 e. The molecule has 1 aromatic heterocycles.